The molecule has 1 N–H and O–H groups in total. The van der Waals surface area contributed by atoms with Crippen LogP contribution in [0.2, 0.25) is 0 Å². The molecule has 0 aromatic rings. The summed E-state index contributed by atoms with van der Waals surface area (Å²) in [4.78, 5) is 0. The van der Waals surface area contributed by atoms with Gasteiger partial charge in [0, 0.05) is 0 Å². The maximum atomic E-state index is 10.6. The van der Waals surface area contributed by atoms with Crippen LogP contribution in [0.3, 0.4) is 0 Å². The van der Waals surface area contributed by atoms with Crippen LogP contribution in [0.25, 0.3) is 0 Å². The van der Waals surface area contributed by atoms with Gasteiger partial charge in [0.25, 0.3) is 0 Å². The second-order valence-electron chi connectivity index (χ2n) is 11.6. The summed E-state index contributed by atoms with van der Waals surface area (Å²) >= 11 is 0. The Labute approximate surface area is 174 Å². The van der Waals surface area contributed by atoms with E-state index in [0.29, 0.717) is 17.6 Å². The summed E-state index contributed by atoms with van der Waals surface area (Å²) < 4.78 is 6.53. The first-order valence-electron chi connectivity index (χ1n) is 12.7. The van der Waals surface area contributed by atoms with Crippen LogP contribution in [-0.2, 0) is 4.74 Å². The Bertz CT molecular complexity index is 533. The summed E-state index contributed by atoms with van der Waals surface area (Å²) in [5, 5.41) is 10.6. The minimum atomic E-state index is -0.0395. The molecule has 28 heavy (non-hydrogen) atoms. The van der Waals surface area contributed by atoms with Crippen molar-refractivity contribution in [2.45, 2.75) is 129 Å². The molecule has 162 valence electrons. The Morgan fingerprint density at radius 3 is 2.46 bits per heavy atom. The van der Waals surface area contributed by atoms with Gasteiger partial charge in [0.1, 0.15) is 0 Å². The molecule has 0 bridgehead atoms. The second-order valence-corrected chi connectivity index (χ2v) is 11.6. The minimum absolute atomic E-state index is 0.0395. The summed E-state index contributed by atoms with van der Waals surface area (Å²) in [5.41, 5.74) is 0.752. The molecule has 0 heterocycles. The summed E-state index contributed by atoms with van der Waals surface area (Å²) in [7, 11) is 0. The Morgan fingerprint density at radius 1 is 0.929 bits per heavy atom. The molecule has 4 aliphatic rings. The van der Waals surface area contributed by atoms with Gasteiger partial charge in [-0.3, -0.25) is 0 Å². The average Bonchev–Trinajstić information content (AvgIpc) is 2.97. The molecule has 2 nitrogen and oxygen atoms in total. The largest absolute Gasteiger partial charge is 0.393 e. The molecule has 0 radical (unpaired) electrons. The van der Waals surface area contributed by atoms with Crippen LogP contribution in [0.5, 0.6) is 0 Å². The topological polar surface area (TPSA) is 29.5 Å². The van der Waals surface area contributed by atoms with E-state index in [1.54, 1.807) is 0 Å². The number of hydrogen-bond donors (Lipinski definition) is 1. The van der Waals surface area contributed by atoms with Crippen LogP contribution in [0.15, 0.2) is 0 Å². The van der Waals surface area contributed by atoms with Gasteiger partial charge in [-0.05, 0) is 106 Å². The first-order chi connectivity index (χ1) is 13.4. The predicted octanol–water partition coefficient (Wildman–Crippen LogP) is 6.74. The van der Waals surface area contributed by atoms with Crippen molar-refractivity contribution < 1.29 is 9.84 Å². The van der Waals surface area contributed by atoms with Crippen LogP contribution in [0.1, 0.15) is 111 Å². The van der Waals surface area contributed by atoms with E-state index in [9.17, 15) is 5.11 Å². The number of hydrogen-bond acceptors (Lipinski definition) is 2. The summed E-state index contributed by atoms with van der Waals surface area (Å²) in [5.74, 6) is 3.43. The molecule has 0 aliphatic heterocycles. The second kappa shape index (κ2) is 8.22. The van der Waals surface area contributed by atoms with Gasteiger partial charge in [0.15, 0.2) is 0 Å². The first-order valence-corrected chi connectivity index (χ1v) is 12.7. The summed E-state index contributed by atoms with van der Waals surface area (Å²) in [6, 6.07) is 0. The number of aliphatic hydroxyl groups is 1. The highest BCUT2D eigenvalue weighted by Crippen LogP contribution is 2.66. The Hall–Kier alpha value is -0.0800. The number of aliphatic hydroxyl groups excluding tert-OH is 1. The predicted molar refractivity (Wildman–Crippen MR) is 116 cm³/mol. The fourth-order valence-electron chi connectivity index (χ4n) is 8.39. The zero-order chi connectivity index (χ0) is 19.9. The molecule has 4 saturated carbocycles. The van der Waals surface area contributed by atoms with Crippen molar-refractivity contribution in [3.8, 4) is 0 Å². The summed E-state index contributed by atoms with van der Waals surface area (Å²) in [6.45, 7) is 9.63. The number of rotatable bonds is 6. The molecule has 0 spiro atoms. The molecule has 0 saturated heterocycles. The maximum absolute atomic E-state index is 10.6. The molecule has 9 atom stereocenters. The minimum Gasteiger partial charge on any atom is -0.393 e. The van der Waals surface area contributed by atoms with E-state index < -0.39 is 0 Å². The van der Waals surface area contributed by atoms with Crippen LogP contribution < -0.4 is 0 Å². The van der Waals surface area contributed by atoms with Gasteiger partial charge in [-0.25, -0.2) is 0 Å². The third-order valence-corrected chi connectivity index (χ3v) is 10.2. The molecular formula is C26H46O2. The standard InChI is InChI=1S/C26H46O2/c1-5-6-7-8-18(2)28-20-13-15-25(3)19(17-20)9-10-21-22-11-12-24(27)26(22,4)16-14-23(21)25/h18-24,27H,5-17H2,1-4H3/t18?,19-,20?,21?,22?,23?,24?,25-,26-/m0/s1. The van der Waals surface area contributed by atoms with Crippen LogP contribution in [-0.4, -0.2) is 23.4 Å². The lowest BCUT2D eigenvalue weighted by Gasteiger charge is -2.61. The third kappa shape index (κ3) is 3.59. The van der Waals surface area contributed by atoms with Crippen molar-refractivity contribution in [2.75, 3.05) is 0 Å². The first kappa shape index (κ1) is 21.2. The van der Waals surface area contributed by atoms with E-state index in [1.807, 2.05) is 0 Å². The quantitative estimate of drug-likeness (QED) is 0.509. The fraction of sp³-hybridized carbons (Fsp3) is 1.00. The van der Waals surface area contributed by atoms with E-state index in [4.69, 9.17) is 4.74 Å². The van der Waals surface area contributed by atoms with Crippen LogP contribution in [0, 0.1) is 34.5 Å². The van der Waals surface area contributed by atoms with Crippen LogP contribution >= 0.6 is 0 Å². The van der Waals surface area contributed by atoms with Gasteiger partial charge < -0.3 is 9.84 Å². The monoisotopic (exact) mass is 390 g/mol. The highest BCUT2D eigenvalue weighted by molar-refractivity contribution is 5.09. The lowest BCUT2D eigenvalue weighted by Crippen LogP contribution is -2.54. The van der Waals surface area contributed by atoms with Crippen molar-refractivity contribution in [1.82, 2.24) is 0 Å². The van der Waals surface area contributed by atoms with E-state index in [1.165, 1.54) is 77.0 Å². The molecule has 0 amide bonds. The van der Waals surface area contributed by atoms with Crippen molar-refractivity contribution in [3.63, 3.8) is 0 Å². The van der Waals surface area contributed by atoms with Crippen molar-refractivity contribution >= 4 is 0 Å². The SMILES string of the molecule is CCCCCC(C)OC1CC[C@]2(C)C3CC[C@]4(C)C(O)CCC4C3CC[C@H]2C1. The van der Waals surface area contributed by atoms with Gasteiger partial charge >= 0.3 is 0 Å². The Balaban J connectivity index is 1.38. The highest BCUT2D eigenvalue weighted by Gasteiger charge is 2.60. The van der Waals surface area contributed by atoms with Gasteiger partial charge in [0.2, 0.25) is 0 Å². The van der Waals surface area contributed by atoms with Gasteiger partial charge in [0.05, 0.1) is 18.3 Å². The van der Waals surface area contributed by atoms with Gasteiger partial charge in [-0.15, -0.1) is 0 Å². The zero-order valence-corrected chi connectivity index (χ0v) is 19.1. The van der Waals surface area contributed by atoms with Crippen LogP contribution in [0.4, 0.5) is 0 Å². The molecule has 2 heteroatoms. The smallest absolute Gasteiger partial charge is 0.0596 e. The zero-order valence-electron chi connectivity index (χ0n) is 19.1. The summed E-state index contributed by atoms with van der Waals surface area (Å²) in [6.07, 6.45) is 17.8. The average molecular weight is 391 g/mol. The molecule has 0 aromatic heterocycles. The van der Waals surface area contributed by atoms with E-state index in [-0.39, 0.29) is 11.5 Å². The molecule has 4 fully saturated rings. The maximum Gasteiger partial charge on any atom is 0.0596 e. The van der Waals surface area contributed by atoms with Crippen molar-refractivity contribution in [3.05, 3.63) is 0 Å². The number of fused-ring (bicyclic) bond motifs is 5. The molecule has 6 unspecified atom stereocenters. The normalized spacial score (nSPS) is 49.2. The fourth-order valence-corrected chi connectivity index (χ4v) is 8.39. The number of unbranched alkanes of at least 4 members (excludes halogenated alkanes) is 2. The lowest BCUT2D eigenvalue weighted by molar-refractivity contribution is -0.146. The third-order valence-electron chi connectivity index (χ3n) is 10.2. The van der Waals surface area contributed by atoms with Gasteiger partial charge in [-0.2, -0.15) is 0 Å². The Morgan fingerprint density at radius 2 is 1.68 bits per heavy atom. The molecule has 4 rings (SSSR count). The molecular weight excluding hydrogens is 344 g/mol. The number of ether oxygens (including phenoxy) is 1. The molecule has 0 aromatic carbocycles. The highest BCUT2D eigenvalue weighted by atomic mass is 16.5. The van der Waals surface area contributed by atoms with Crippen molar-refractivity contribution in [1.29, 1.82) is 0 Å². The van der Waals surface area contributed by atoms with Crippen molar-refractivity contribution in [2.24, 2.45) is 34.5 Å². The molecule has 4 aliphatic carbocycles. The Kier molecular flexibility index (Phi) is 6.21. The van der Waals surface area contributed by atoms with E-state index >= 15 is 0 Å². The lowest BCUT2D eigenvalue weighted by atomic mass is 9.45. The van der Waals surface area contributed by atoms with E-state index in [2.05, 4.69) is 27.7 Å². The van der Waals surface area contributed by atoms with Gasteiger partial charge in [-0.1, -0.05) is 40.0 Å². The van der Waals surface area contributed by atoms with E-state index in [0.717, 1.165) is 30.1 Å².